The first-order valence-corrected chi connectivity index (χ1v) is 10.9. The fourth-order valence-corrected chi connectivity index (χ4v) is 4.61. The van der Waals surface area contributed by atoms with Crippen molar-refractivity contribution >= 4 is 11.6 Å². The number of amides is 1. The Morgan fingerprint density at radius 1 is 0.964 bits per heavy atom. The van der Waals surface area contributed by atoms with Crippen molar-refractivity contribution in [3.8, 4) is 0 Å². The van der Waals surface area contributed by atoms with E-state index in [1.165, 1.54) is 60.9 Å². The zero-order valence-corrected chi connectivity index (χ0v) is 17.1. The number of rotatable bonds is 6. The van der Waals surface area contributed by atoms with E-state index >= 15 is 0 Å². The summed E-state index contributed by atoms with van der Waals surface area (Å²) in [7, 11) is 1.94. The summed E-state index contributed by atoms with van der Waals surface area (Å²) in [5, 5.41) is 0. The van der Waals surface area contributed by atoms with Gasteiger partial charge in [0.1, 0.15) is 0 Å². The quantitative estimate of drug-likeness (QED) is 0.746. The molecule has 1 amide bonds. The van der Waals surface area contributed by atoms with Crippen molar-refractivity contribution < 1.29 is 4.79 Å². The van der Waals surface area contributed by atoms with Crippen LogP contribution in [-0.2, 0) is 30.5 Å². The minimum absolute atomic E-state index is 0.217. The highest BCUT2D eigenvalue weighted by Crippen LogP contribution is 2.25. The van der Waals surface area contributed by atoms with Crippen LogP contribution in [0.15, 0.2) is 42.5 Å². The Bertz CT molecular complexity index is 823. The molecule has 0 unspecified atom stereocenters. The van der Waals surface area contributed by atoms with Crippen LogP contribution in [0.1, 0.15) is 47.9 Å². The number of likely N-dealkylation sites (N-methyl/N-ethyl adjacent to an activating group) is 1. The molecule has 0 N–H and O–H groups in total. The average molecular weight is 377 g/mol. The fraction of sp³-hybridized carbons (Fsp3) is 0.480. The minimum Gasteiger partial charge on any atom is -0.371 e. The van der Waals surface area contributed by atoms with Crippen molar-refractivity contribution in [3.63, 3.8) is 0 Å². The van der Waals surface area contributed by atoms with Gasteiger partial charge in [-0.1, -0.05) is 36.4 Å². The van der Waals surface area contributed by atoms with Gasteiger partial charge in [0.2, 0.25) is 5.91 Å². The first kappa shape index (κ1) is 19.0. The van der Waals surface area contributed by atoms with E-state index in [0.717, 1.165) is 31.6 Å². The molecule has 1 aliphatic heterocycles. The molecule has 1 heterocycles. The van der Waals surface area contributed by atoms with Gasteiger partial charge in [-0.15, -0.1) is 0 Å². The average Bonchev–Trinajstić information content (AvgIpc) is 3.27. The largest absolute Gasteiger partial charge is 0.371 e. The number of anilines is 1. The Labute approximate surface area is 169 Å². The number of hydrogen-bond acceptors (Lipinski definition) is 2. The standard InChI is InChI=1S/C25H32N2O/c1-26(17-14-22-9-4-5-11-24(22)27-15-6-7-16-27)25(28)19-20-12-13-21-8-2-3-10-23(21)18-20/h4-5,9,11-13,18H,2-3,6-8,10,14-17,19H2,1H3. The van der Waals surface area contributed by atoms with Crippen molar-refractivity contribution in [2.45, 2.75) is 51.4 Å². The summed E-state index contributed by atoms with van der Waals surface area (Å²) >= 11 is 0. The van der Waals surface area contributed by atoms with Crippen LogP contribution in [0.3, 0.4) is 0 Å². The summed E-state index contributed by atoms with van der Waals surface area (Å²) in [4.78, 5) is 17.2. The number of aryl methyl sites for hydroxylation is 2. The highest BCUT2D eigenvalue weighted by atomic mass is 16.2. The second kappa shape index (κ2) is 8.81. The smallest absolute Gasteiger partial charge is 0.226 e. The molecule has 0 spiro atoms. The van der Waals surface area contributed by atoms with Gasteiger partial charge in [0.25, 0.3) is 0 Å². The molecule has 0 saturated carbocycles. The number of carbonyl (C=O) groups excluding carboxylic acids is 1. The van der Waals surface area contributed by atoms with Gasteiger partial charge in [-0.3, -0.25) is 4.79 Å². The Morgan fingerprint density at radius 3 is 2.54 bits per heavy atom. The molecule has 0 radical (unpaired) electrons. The normalized spacial score (nSPS) is 16.1. The second-order valence-corrected chi connectivity index (χ2v) is 8.38. The Kier molecular flexibility index (Phi) is 5.99. The lowest BCUT2D eigenvalue weighted by Crippen LogP contribution is -2.30. The van der Waals surface area contributed by atoms with Gasteiger partial charge in [-0.2, -0.15) is 0 Å². The van der Waals surface area contributed by atoms with E-state index in [9.17, 15) is 4.79 Å². The topological polar surface area (TPSA) is 23.6 Å². The van der Waals surface area contributed by atoms with Crippen LogP contribution < -0.4 is 4.90 Å². The van der Waals surface area contributed by atoms with Gasteiger partial charge in [0, 0.05) is 32.4 Å². The molecule has 2 aliphatic rings. The summed E-state index contributed by atoms with van der Waals surface area (Å²) < 4.78 is 0. The van der Waals surface area contributed by atoms with E-state index in [2.05, 4.69) is 47.4 Å². The Morgan fingerprint density at radius 2 is 1.71 bits per heavy atom. The second-order valence-electron chi connectivity index (χ2n) is 8.38. The van der Waals surface area contributed by atoms with Crippen LogP contribution in [0.4, 0.5) is 5.69 Å². The predicted octanol–water partition coefficient (Wildman–Crippen LogP) is 4.41. The van der Waals surface area contributed by atoms with Gasteiger partial charge in [-0.25, -0.2) is 0 Å². The van der Waals surface area contributed by atoms with Gasteiger partial charge >= 0.3 is 0 Å². The summed E-state index contributed by atoms with van der Waals surface area (Å²) in [6.07, 6.45) is 8.94. The van der Waals surface area contributed by atoms with Crippen LogP contribution in [0.2, 0.25) is 0 Å². The third-order valence-corrected chi connectivity index (χ3v) is 6.35. The van der Waals surface area contributed by atoms with Crippen molar-refractivity contribution in [2.24, 2.45) is 0 Å². The van der Waals surface area contributed by atoms with Crippen molar-refractivity contribution in [3.05, 3.63) is 64.7 Å². The molecule has 4 rings (SSSR count). The maximum absolute atomic E-state index is 12.8. The summed E-state index contributed by atoms with van der Waals surface area (Å²) in [5.74, 6) is 0.217. The van der Waals surface area contributed by atoms with E-state index in [-0.39, 0.29) is 5.91 Å². The molecule has 1 fully saturated rings. The number of benzene rings is 2. The predicted molar refractivity (Wildman–Crippen MR) is 116 cm³/mol. The van der Waals surface area contributed by atoms with Crippen LogP contribution in [0.5, 0.6) is 0 Å². The first-order chi connectivity index (χ1) is 13.7. The molecular formula is C25H32N2O. The Balaban J connectivity index is 1.35. The molecule has 0 aromatic heterocycles. The summed E-state index contributed by atoms with van der Waals surface area (Å²) in [6, 6.07) is 15.3. The molecule has 0 bridgehead atoms. The molecule has 1 saturated heterocycles. The fourth-order valence-electron chi connectivity index (χ4n) is 4.61. The van der Waals surface area contributed by atoms with Gasteiger partial charge < -0.3 is 9.80 Å². The third kappa shape index (κ3) is 4.40. The first-order valence-electron chi connectivity index (χ1n) is 10.9. The lowest BCUT2D eigenvalue weighted by Gasteiger charge is -2.23. The molecule has 1 aliphatic carbocycles. The van der Waals surface area contributed by atoms with Gasteiger partial charge in [-0.05, 0) is 73.3 Å². The van der Waals surface area contributed by atoms with E-state index < -0.39 is 0 Å². The van der Waals surface area contributed by atoms with E-state index in [4.69, 9.17) is 0 Å². The number of carbonyl (C=O) groups is 1. The minimum atomic E-state index is 0.217. The van der Waals surface area contributed by atoms with E-state index in [0.29, 0.717) is 6.42 Å². The van der Waals surface area contributed by atoms with Gasteiger partial charge in [0.05, 0.1) is 6.42 Å². The SMILES string of the molecule is CN(CCc1ccccc1N1CCCC1)C(=O)Cc1ccc2c(c1)CCCC2. The van der Waals surface area contributed by atoms with E-state index in [1.54, 1.807) is 0 Å². The van der Waals surface area contributed by atoms with Gasteiger partial charge in [0.15, 0.2) is 0 Å². The number of para-hydroxylation sites is 1. The maximum Gasteiger partial charge on any atom is 0.226 e. The molecule has 3 nitrogen and oxygen atoms in total. The molecule has 2 aromatic carbocycles. The van der Waals surface area contributed by atoms with Crippen LogP contribution in [0.25, 0.3) is 0 Å². The zero-order valence-electron chi connectivity index (χ0n) is 17.1. The monoisotopic (exact) mass is 376 g/mol. The highest BCUT2D eigenvalue weighted by Gasteiger charge is 2.17. The van der Waals surface area contributed by atoms with Crippen LogP contribution in [0, 0.1) is 0 Å². The third-order valence-electron chi connectivity index (χ3n) is 6.35. The lowest BCUT2D eigenvalue weighted by atomic mass is 9.90. The molecule has 3 heteroatoms. The Hall–Kier alpha value is -2.29. The lowest BCUT2D eigenvalue weighted by molar-refractivity contribution is -0.129. The van der Waals surface area contributed by atoms with Crippen LogP contribution in [-0.4, -0.2) is 37.5 Å². The van der Waals surface area contributed by atoms with E-state index in [1.807, 2.05) is 11.9 Å². The number of fused-ring (bicyclic) bond motifs is 1. The molecule has 148 valence electrons. The molecule has 28 heavy (non-hydrogen) atoms. The van der Waals surface area contributed by atoms with Crippen molar-refractivity contribution in [1.29, 1.82) is 0 Å². The van der Waals surface area contributed by atoms with Crippen molar-refractivity contribution in [1.82, 2.24) is 4.90 Å². The highest BCUT2D eigenvalue weighted by molar-refractivity contribution is 5.78. The van der Waals surface area contributed by atoms with Crippen molar-refractivity contribution in [2.75, 3.05) is 31.6 Å². The zero-order chi connectivity index (χ0) is 19.3. The summed E-state index contributed by atoms with van der Waals surface area (Å²) in [5.41, 5.74) is 6.82. The number of hydrogen-bond donors (Lipinski definition) is 0. The maximum atomic E-state index is 12.8. The molecule has 0 atom stereocenters. The van der Waals surface area contributed by atoms with Crippen LogP contribution >= 0.6 is 0 Å². The molecule has 2 aromatic rings. The summed E-state index contributed by atoms with van der Waals surface area (Å²) in [6.45, 7) is 3.09. The number of nitrogens with zero attached hydrogens (tertiary/aromatic N) is 2. The molecular weight excluding hydrogens is 344 g/mol.